The second-order valence-electron chi connectivity index (χ2n) is 9.06. The average Bonchev–Trinajstić information content (AvgIpc) is 2.99. The zero-order valence-electron chi connectivity index (χ0n) is 23.3. The van der Waals surface area contributed by atoms with Crippen LogP contribution in [0.15, 0.2) is 71.0 Å². The SMILES string of the molecule is CCOc1cc([C@@H]2NC(=O)NC(C)=C2C(=O)OC)ccc1OC[C@@H](O)N/N=C/c1c(OCC#N)ccc2ccccc12. The van der Waals surface area contributed by atoms with Gasteiger partial charge in [-0.2, -0.15) is 10.4 Å². The fraction of sp³-hybridized carbons (Fsp3) is 0.267. The summed E-state index contributed by atoms with van der Waals surface area (Å²) in [5.41, 5.74) is 4.50. The first-order valence-corrected chi connectivity index (χ1v) is 13.1. The lowest BCUT2D eigenvalue weighted by molar-refractivity contribution is -0.136. The number of nitriles is 1. The van der Waals surface area contributed by atoms with Gasteiger partial charge in [-0.15, -0.1) is 0 Å². The van der Waals surface area contributed by atoms with E-state index < -0.39 is 24.3 Å². The summed E-state index contributed by atoms with van der Waals surface area (Å²) in [6.45, 7) is 3.45. The van der Waals surface area contributed by atoms with Crippen molar-refractivity contribution in [3.05, 3.63) is 77.0 Å². The molecule has 12 nitrogen and oxygen atoms in total. The molecular formula is C30H31N5O7. The van der Waals surface area contributed by atoms with E-state index in [9.17, 15) is 14.7 Å². The number of urea groups is 1. The van der Waals surface area contributed by atoms with Crippen LogP contribution in [0.25, 0.3) is 10.8 Å². The molecule has 0 saturated carbocycles. The molecule has 3 aromatic rings. The van der Waals surface area contributed by atoms with Crippen molar-refractivity contribution in [1.82, 2.24) is 16.1 Å². The smallest absolute Gasteiger partial charge is 0.337 e. The predicted molar refractivity (Wildman–Crippen MR) is 154 cm³/mol. The maximum atomic E-state index is 12.4. The molecule has 42 heavy (non-hydrogen) atoms. The van der Waals surface area contributed by atoms with Crippen molar-refractivity contribution in [2.75, 3.05) is 26.9 Å². The summed E-state index contributed by atoms with van der Waals surface area (Å²) < 4.78 is 22.0. The van der Waals surface area contributed by atoms with Crippen LogP contribution in [0.1, 0.15) is 31.0 Å². The molecule has 0 aromatic heterocycles. The third-order valence-electron chi connectivity index (χ3n) is 6.31. The number of allylic oxidation sites excluding steroid dienone is 1. The van der Waals surface area contributed by atoms with E-state index in [0.717, 1.165) is 10.8 Å². The van der Waals surface area contributed by atoms with E-state index in [0.29, 0.717) is 40.7 Å². The lowest BCUT2D eigenvalue weighted by Crippen LogP contribution is -2.45. The van der Waals surface area contributed by atoms with Crippen molar-refractivity contribution in [2.24, 2.45) is 5.10 Å². The van der Waals surface area contributed by atoms with Crippen LogP contribution < -0.4 is 30.3 Å². The number of carbonyl (C=O) groups is 2. The third kappa shape index (κ3) is 6.89. The molecule has 3 aromatic carbocycles. The first kappa shape index (κ1) is 29.7. The summed E-state index contributed by atoms with van der Waals surface area (Å²) in [5.74, 6) is 0.603. The van der Waals surface area contributed by atoms with E-state index >= 15 is 0 Å². The summed E-state index contributed by atoms with van der Waals surface area (Å²) in [4.78, 5) is 24.6. The molecule has 0 fully saturated rings. The summed E-state index contributed by atoms with van der Waals surface area (Å²) in [6, 6.07) is 17.0. The number of hydrogen-bond donors (Lipinski definition) is 4. The number of methoxy groups -OCH3 is 1. The summed E-state index contributed by atoms with van der Waals surface area (Å²) in [7, 11) is 1.27. The van der Waals surface area contributed by atoms with Gasteiger partial charge in [0.15, 0.2) is 24.3 Å². The molecule has 0 unspecified atom stereocenters. The summed E-state index contributed by atoms with van der Waals surface area (Å²) in [5, 5.41) is 30.7. The van der Waals surface area contributed by atoms with E-state index in [2.05, 4.69) is 21.2 Å². The number of amides is 2. The molecule has 0 radical (unpaired) electrons. The van der Waals surface area contributed by atoms with Crippen molar-refractivity contribution in [3.63, 3.8) is 0 Å². The van der Waals surface area contributed by atoms with Crippen molar-refractivity contribution < 1.29 is 33.6 Å². The van der Waals surface area contributed by atoms with Crippen LogP contribution in [0.4, 0.5) is 4.79 Å². The minimum atomic E-state index is -1.19. The molecule has 4 N–H and O–H groups in total. The van der Waals surface area contributed by atoms with Crippen LogP contribution in [0.5, 0.6) is 17.2 Å². The lowest BCUT2D eigenvalue weighted by atomic mass is 9.95. The van der Waals surface area contributed by atoms with Crippen LogP contribution in [0, 0.1) is 11.3 Å². The Labute approximate surface area is 242 Å². The number of hydrazone groups is 1. The van der Waals surface area contributed by atoms with E-state index in [4.69, 9.17) is 24.2 Å². The van der Waals surface area contributed by atoms with E-state index in [-0.39, 0.29) is 18.8 Å². The molecule has 2 amide bonds. The van der Waals surface area contributed by atoms with Gasteiger partial charge in [-0.1, -0.05) is 36.4 Å². The maximum Gasteiger partial charge on any atom is 0.337 e. The molecule has 1 aliphatic rings. The van der Waals surface area contributed by atoms with Crippen molar-refractivity contribution in [3.8, 4) is 23.3 Å². The molecule has 0 saturated heterocycles. The van der Waals surface area contributed by atoms with Gasteiger partial charge in [-0.3, -0.25) is 5.43 Å². The van der Waals surface area contributed by atoms with Crippen LogP contribution in [-0.4, -0.2) is 56.5 Å². The van der Waals surface area contributed by atoms with Crippen LogP contribution in [0.2, 0.25) is 0 Å². The standard InChI is InChI=1S/C30H31N5O7/c1-4-40-25-15-20(28-27(29(37)39-3)18(2)33-30(38)34-28)10-12-24(25)42-17-26(36)35-32-16-22-21-8-6-5-7-19(21)9-11-23(22)41-14-13-31/h5-12,15-16,26,28,35-36H,4,14,17H2,1-3H3,(H2,33,34,38)/b32-16+/t26-,28+/m1/s1. The third-order valence-corrected chi connectivity index (χ3v) is 6.31. The normalized spacial score (nSPS) is 15.4. The number of carbonyl (C=O) groups excluding carboxylic acids is 2. The summed E-state index contributed by atoms with van der Waals surface area (Å²) in [6.07, 6.45) is 0.328. The molecular weight excluding hydrogens is 542 g/mol. The van der Waals surface area contributed by atoms with Gasteiger partial charge in [-0.25, -0.2) is 9.59 Å². The van der Waals surface area contributed by atoms with Gasteiger partial charge >= 0.3 is 12.0 Å². The van der Waals surface area contributed by atoms with Crippen LogP contribution in [-0.2, 0) is 9.53 Å². The van der Waals surface area contributed by atoms with Crippen LogP contribution in [0.3, 0.4) is 0 Å². The van der Waals surface area contributed by atoms with Crippen LogP contribution >= 0.6 is 0 Å². The zero-order chi connectivity index (χ0) is 30.1. The van der Waals surface area contributed by atoms with Gasteiger partial charge in [0.2, 0.25) is 0 Å². The monoisotopic (exact) mass is 573 g/mol. The number of hydrogen-bond acceptors (Lipinski definition) is 10. The molecule has 218 valence electrons. The van der Waals surface area contributed by atoms with E-state index in [1.807, 2.05) is 36.4 Å². The molecule has 12 heteroatoms. The fourth-order valence-corrected chi connectivity index (χ4v) is 4.45. The summed E-state index contributed by atoms with van der Waals surface area (Å²) >= 11 is 0. The van der Waals surface area contributed by atoms with Crippen molar-refractivity contribution in [1.29, 1.82) is 5.26 Å². The zero-order valence-corrected chi connectivity index (χ0v) is 23.3. The van der Waals surface area contributed by atoms with Gasteiger partial charge in [0.05, 0.1) is 31.5 Å². The fourth-order valence-electron chi connectivity index (χ4n) is 4.45. The highest BCUT2D eigenvalue weighted by molar-refractivity contribution is 6.02. The predicted octanol–water partition coefficient (Wildman–Crippen LogP) is 3.26. The van der Waals surface area contributed by atoms with E-state index in [1.54, 1.807) is 38.1 Å². The second-order valence-corrected chi connectivity index (χ2v) is 9.06. The highest BCUT2D eigenvalue weighted by atomic mass is 16.5. The Morgan fingerprint density at radius 2 is 1.93 bits per heavy atom. The number of nitrogens with one attached hydrogen (secondary N) is 3. The Balaban J connectivity index is 1.47. The second kappa shape index (κ2) is 13.9. The first-order chi connectivity index (χ1) is 20.4. The molecule has 1 heterocycles. The minimum absolute atomic E-state index is 0.117. The average molecular weight is 574 g/mol. The lowest BCUT2D eigenvalue weighted by Gasteiger charge is -2.28. The number of aliphatic hydroxyl groups excluding tert-OH is 1. The number of nitrogens with zero attached hydrogens (tertiary/aromatic N) is 2. The number of rotatable bonds is 12. The number of fused-ring (bicyclic) bond motifs is 1. The topological polar surface area (TPSA) is 164 Å². The number of ether oxygens (including phenoxy) is 4. The first-order valence-electron chi connectivity index (χ1n) is 13.1. The highest BCUT2D eigenvalue weighted by Crippen LogP contribution is 2.35. The number of aliphatic hydroxyl groups is 1. The quantitative estimate of drug-likeness (QED) is 0.110. The Bertz CT molecular complexity index is 1560. The molecule has 0 bridgehead atoms. The Hall–Kier alpha value is -5.28. The molecule has 1 aliphatic heterocycles. The maximum absolute atomic E-state index is 12.4. The Morgan fingerprint density at radius 3 is 2.69 bits per heavy atom. The molecule has 2 atom stereocenters. The number of esters is 1. The van der Waals surface area contributed by atoms with Gasteiger partial charge in [0, 0.05) is 11.3 Å². The highest BCUT2D eigenvalue weighted by Gasteiger charge is 2.32. The van der Waals surface area contributed by atoms with E-state index in [1.165, 1.54) is 13.3 Å². The van der Waals surface area contributed by atoms with Gasteiger partial charge in [0.1, 0.15) is 18.4 Å². The molecule has 0 spiro atoms. The van der Waals surface area contributed by atoms with Crippen molar-refractivity contribution in [2.45, 2.75) is 26.1 Å². The van der Waals surface area contributed by atoms with Gasteiger partial charge in [0.25, 0.3) is 0 Å². The Morgan fingerprint density at radius 1 is 1.14 bits per heavy atom. The molecule has 0 aliphatic carbocycles. The number of benzene rings is 3. The minimum Gasteiger partial charge on any atom is -0.490 e. The Kier molecular flexibility index (Phi) is 9.81. The van der Waals surface area contributed by atoms with Gasteiger partial charge in [-0.05, 0) is 48.4 Å². The van der Waals surface area contributed by atoms with Crippen molar-refractivity contribution >= 4 is 29.0 Å². The molecule has 4 rings (SSSR count). The largest absolute Gasteiger partial charge is 0.490 e. The van der Waals surface area contributed by atoms with Gasteiger partial charge < -0.3 is 34.7 Å².